The highest BCUT2D eigenvalue weighted by Gasteiger charge is 2.22. The fourth-order valence-corrected chi connectivity index (χ4v) is 2.17. The molecular weight excluding hydrogens is 252 g/mol. The molecule has 1 aromatic carbocycles. The molecule has 0 fully saturated rings. The van der Waals surface area contributed by atoms with Crippen LogP contribution in [0.2, 0.25) is 0 Å². The van der Waals surface area contributed by atoms with Crippen molar-refractivity contribution in [2.45, 2.75) is 4.90 Å². The van der Waals surface area contributed by atoms with Crippen LogP contribution in [0, 0.1) is 11.6 Å². The number of phenolic OH excluding ortho intramolecular Hbond substituents is 1. The summed E-state index contributed by atoms with van der Waals surface area (Å²) in [4.78, 5) is -0.905. The first-order chi connectivity index (χ1) is 7.77. The van der Waals surface area contributed by atoms with Gasteiger partial charge in [0, 0.05) is 11.8 Å². The molecule has 92 valence electrons. The third-order valence-corrected chi connectivity index (χ3v) is 3.22. The van der Waals surface area contributed by atoms with E-state index in [1.807, 2.05) is 4.72 Å². The van der Waals surface area contributed by atoms with E-state index >= 15 is 0 Å². The lowest BCUT2D eigenvalue weighted by Crippen LogP contribution is -2.22. The average molecular weight is 261 g/mol. The van der Waals surface area contributed by atoms with Crippen molar-refractivity contribution in [2.75, 3.05) is 0 Å². The van der Waals surface area contributed by atoms with E-state index in [-0.39, 0.29) is 5.70 Å². The van der Waals surface area contributed by atoms with Gasteiger partial charge in [-0.05, 0) is 12.1 Å². The smallest absolute Gasteiger partial charge is 0.265 e. The van der Waals surface area contributed by atoms with Crippen LogP contribution in [-0.2, 0) is 10.0 Å². The Morgan fingerprint density at radius 2 is 2.00 bits per heavy atom. The number of aromatic hydroxyl groups is 1. The summed E-state index contributed by atoms with van der Waals surface area (Å²) in [6.45, 7) is 6.54. The van der Waals surface area contributed by atoms with E-state index in [1.165, 1.54) is 0 Å². The van der Waals surface area contributed by atoms with Crippen LogP contribution in [0.25, 0.3) is 0 Å². The number of phenols is 1. The Morgan fingerprint density at radius 3 is 2.53 bits per heavy atom. The third-order valence-electron chi connectivity index (χ3n) is 1.79. The van der Waals surface area contributed by atoms with Crippen molar-refractivity contribution in [3.8, 4) is 5.75 Å². The molecule has 2 N–H and O–H groups in total. The zero-order chi connectivity index (χ0) is 13.2. The van der Waals surface area contributed by atoms with Gasteiger partial charge in [0.1, 0.15) is 10.7 Å². The van der Waals surface area contributed by atoms with Gasteiger partial charge in [-0.3, -0.25) is 4.72 Å². The summed E-state index contributed by atoms with van der Waals surface area (Å²) in [7, 11) is -4.30. The Kier molecular flexibility index (Phi) is 3.52. The minimum atomic E-state index is -4.30. The normalized spacial score (nSPS) is 10.9. The summed E-state index contributed by atoms with van der Waals surface area (Å²) >= 11 is 0. The minimum absolute atomic E-state index is 0.0888. The summed E-state index contributed by atoms with van der Waals surface area (Å²) in [5.41, 5.74) is -0.0888. The summed E-state index contributed by atoms with van der Waals surface area (Å²) in [6, 6.07) is 0.869. The van der Waals surface area contributed by atoms with Gasteiger partial charge in [-0.15, -0.1) is 0 Å². The molecule has 0 heterocycles. The number of benzene rings is 1. The molecule has 0 spiro atoms. The minimum Gasteiger partial charge on any atom is -0.504 e. The number of sulfonamides is 1. The van der Waals surface area contributed by atoms with Crippen molar-refractivity contribution in [3.05, 3.63) is 48.7 Å². The molecule has 0 radical (unpaired) electrons. The van der Waals surface area contributed by atoms with Gasteiger partial charge in [0.25, 0.3) is 10.0 Å². The van der Waals surface area contributed by atoms with Crippen LogP contribution >= 0.6 is 0 Å². The zero-order valence-corrected chi connectivity index (χ0v) is 9.39. The Bertz CT molecular complexity index is 581. The highest BCUT2D eigenvalue weighted by molar-refractivity contribution is 7.89. The molecule has 4 nitrogen and oxygen atoms in total. The van der Waals surface area contributed by atoms with Crippen LogP contribution in [0.4, 0.5) is 8.78 Å². The van der Waals surface area contributed by atoms with E-state index in [9.17, 15) is 22.3 Å². The summed E-state index contributed by atoms with van der Waals surface area (Å²) < 4.78 is 50.9. The Hall–Kier alpha value is -1.89. The van der Waals surface area contributed by atoms with E-state index in [0.29, 0.717) is 12.1 Å². The first-order valence-electron chi connectivity index (χ1n) is 4.30. The Balaban J connectivity index is 3.33. The first kappa shape index (κ1) is 13.2. The molecule has 0 atom stereocenters. The molecule has 7 heteroatoms. The zero-order valence-electron chi connectivity index (χ0n) is 8.57. The van der Waals surface area contributed by atoms with Crippen molar-refractivity contribution in [2.24, 2.45) is 0 Å². The maximum Gasteiger partial charge on any atom is 0.265 e. The molecule has 0 aliphatic rings. The van der Waals surface area contributed by atoms with Crippen molar-refractivity contribution < 1.29 is 22.3 Å². The van der Waals surface area contributed by atoms with E-state index in [0.717, 1.165) is 6.08 Å². The molecule has 1 rings (SSSR count). The maximum atomic E-state index is 13.0. The third kappa shape index (κ3) is 2.82. The predicted molar refractivity (Wildman–Crippen MR) is 57.7 cm³/mol. The van der Waals surface area contributed by atoms with Gasteiger partial charge in [0.2, 0.25) is 0 Å². The van der Waals surface area contributed by atoms with Crippen LogP contribution in [0.1, 0.15) is 0 Å². The summed E-state index contributed by atoms with van der Waals surface area (Å²) in [5, 5.41) is 9.23. The van der Waals surface area contributed by atoms with Gasteiger partial charge in [-0.1, -0.05) is 13.2 Å². The predicted octanol–water partition coefficient (Wildman–Crippen LogP) is 1.65. The molecule has 1 aromatic rings. The molecular formula is C10H9F2NO3S. The van der Waals surface area contributed by atoms with E-state index in [4.69, 9.17) is 0 Å². The van der Waals surface area contributed by atoms with Gasteiger partial charge < -0.3 is 5.11 Å². The van der Waals surface area contributed by atoms with Gasteiger partial charge in [0.15, 0.2) is 11.6 Å². The van der Waals surface area contributed by atoms with Crippen molar-refractivity contribution in [1.29, 1.82) is 0 Å². The molecule has 0 unspecified atom stereocenters. The van der Waals surface area contributed by atoms with Crippen LogP contribution in [0.15, 0.2) is 42.0 Å². The summed E-state index contributed by atoms with van der Waals surface area (Å²) in [5.74, 6) is -3.64. The number of rotatable bonds is 4. The number of hydrogen-bond acceptors (Lipinski definition) is 3. The second-order valence-electron chi connectivity index (χ2n) is 3.07. The SMILES string of the molecule is C=CC(=C)NS(=O)(=O)c1cc(F)cc(F)c1O. The fourth-order valence-electron chi connectivity index (χ4n) is 1.02. The summed E-state index contributed by atoms with van der Waals surface area (Å²) in [6.07, 6.45) is 1.10. The van der Waals surface area contributed by atoms with Gasteiger partial charge in [-0.25, -0.2) is 17.2 Å². The Labute approximate surface area is 96.9 Å². The standard InChI is InChI=1S/C10H9F2NO3S/c1-3-6(2)13-17(15,16)9-5-7(11)4-8(12)10(9)14/h3-5,13-14H,1-2H2. The van der Waals surface area contributed by atoms with Crippen LogP contribution in [-0.4, -0.2) is 13.5 Å². The number of hydrogen-bond donors (Lipinski definition) is 2. The van der Waals surface area contributed by atoms with Crippen molar-refractivity contribution >= 4 is 10.0 Å². The first-order valence-corrected chi connectivity index (χ1v) is 5.78. The lowest BCUT2D eigenvalue weighted by atomic mass is 10.3. The highest BCUT2D eigenvalue weighted by atomic mass is 32.2. The van der Waals surface area contributed by atoms with Crippen molar-refractivity contribution in [1.82, 2.24) is 4.72 Å². The van der Waals surface area contributed by atoms with E-state index in [1.54, 1.807) is 0 Å². The quantitative estimate of drug-likeness (QED) is 0.810. The largest absolute Gasteiger partial charge is 0.504 e. The lowest BCUT2D eigenvalue weighted by molar-refractivity contribution is 0.411. The van der Waals surface area contributed by atoms with E-state index < -0.39 is 32.3 Å². The molecule has 0 aliphatic carbocycles. The average Bonchev–Trinajstić information content (AvgIpc) is 2.22. The van der Waals surface area contributed by atoms with E-state index in [2.05, 4.69) is 13.2 Å². The van der Waals surface area contributed by atoms with Gasteiger partial charge >= 0.3 is 0 Å². The molecule has 0 bridgehead atoms. The number of nitrogens with one attached hydrogen (secondary N) is 1. The molecule has 0 aliphatic heterocycles. The van der Waals surface area contributed by atoms with Gasteiger partial charge in [-0.2, -0.15) is 0 Å². The molecule has 0 saturated carbocycles. The Morgan fingerprint density at radius 1 is 1.41 bits per heavy atom. The van der Waals surface area contributed by atoms with Crippen molar-refractivity contribution in [3.63, 3.8) is 0 Å². The van der Waals surface area contributed by atoms with Gasteiger partial charge in [0.05, 0.1) is 0 Å². The van der Waals surface area contributed by atoms with Crippen LogP contribution in [0.3, 0.4) is 0 Å². The van der Waals surface area contributed by atoms with Crippen LogP contribution < -0.4 is 4.72 Å². The highest BCUT2D eigenvalue weighted by Crippen LogP contribution is 2.27. The number of allylic oxidation sites excluding steroid dienone is 1. The lowest BCUT2D eigenvalue weighted by Gasteiger charge is -2.09. The molecule has 0 saturated heterocycles. The molecule has 17 heavy (non-hydrogen) atoms. The second kappa shape index (κ2) is 4.54. The second-order valence-corrected chi connectivity index (χ2v) is 4.72. The molecule has 0 amide bonds. The van der Waals surface area contributed by atoms with Crippen LogP contribution in [0.5, 0.6) is 5.75 Å². The number of halogens is 2. The monoisotopic (exact) mass is 261 g/mol. The molecule has 0 aromatic heterocycles. The fraction of sp³-hybridized carbons (Fsp3) is 0. The topological polar surface area (TPSA) is 66.4 Å². The maximum absolute atomic E-state index is 13.0.